The lowest BCUT2D eigenvalue weighted by atomic mass is 9.80. The molecule has 20 heavy (non-hydrogen) atoms. The molecule has 2 nitrogen and oxygen atoms in total. The molecule has 2 fully saturated rings. The van der Waals surface area contributed by atoms with Gasteiger partial charge in [-0.05, 0) is 25.7 Å². The zero-order valence-corrected chi connectivity index (χ0v) is 12.0. The number of alkyl halides is 6. The average Bonchev–Trinajstić information content (AvgIpc) is 2.05. The van der Waals surface area contributed by atoms with Crippen LogP contribution < -0.4 is 11.5 Å². The van der Waals surface area contributed by atoms with Gasteiger partial charge in [-0.1, -0.05) is 0 Å². The Labute approximate surface area is 125 Å². The number of halogens is 8. The predicted molar refractivity (Wildman–Crippen MR) is 68.0 cm³/mol. The molecule has 0 spiro atoms. The van der Waals surface area contributed by atoms with Crippen molar-refractivity contribution in [2.75, 3.05) is 0 Å². The quantitative estimate of drug-likeness (QED) is 0.657. The van der Waals surface area contributed by atoms with E-state index in [-0.39, 0.29) is 62.6 Å². The highest BCUT2D eigenvalue weighted by Crippen LogP contribution is 2.40. The Morgan fingerprint density at radius 1 is 0.600 bits per heavy atom. The lowest BCUT2D eigenvalue weighted by Crippen LogP contribution is -2.43. The molecule has 0 atom stereocenters. The minimum Gasteiger partial charge on any atom is -0.328 e. The van der Waals surface area contributed by atoms with Gasteiger partial charge in [0.25, 0.3) is 0 Å². The van der Waals surface area contributed by atoms with Gasteiger partial charge in [0.05, 0.1) is 11.8 Å². The van der Waals surface area contributed by atoms with E-state index in [2.05, 4.69) is 0 Å². The van der Waals surface area contributed by atoms with E-state index in [1.54, 1.807) is 0 Å². The van der Waals surface area contributed by atoms with Gasteiger partial charge < -0.3 is 11.5 Å². The topological polar surface area (TPSA) is 52.0 Å². The van der Waals surface area contributed by atoms with Crippen LogP contribution in [0.2, 0.25) is 0 Å². The molecule has 4 N–H and O–H groups in total. The lowest BCUT2D eigenvalue weighted by molar-refractivity contribution is -0.197. The predicted octanol–water partition coefficient (Wildman–Crippen LogP) is 3.42. The molecule has 0 unspecified atom stereocenters. The van der Waals surface area contributed by atoms with Crippen LogP contribution in [-0.2, 0) is 0 Å². The first-order chi connectivity index (χ1) is 8.00. The number of hydrogen-bond donors (Lipinski definition) is 2. The summed E-state index contributed by atoms with van der Waals surface area (Å²) in [5, 5.41) is 0. The molecule has 0 aliphatic heterocycles. The molecule has 0 bridgehead atoms. The Balaban J connectivity index is 0. The van der Waals surface area contributed by atoms with Crippen molar-refractivity contribution in [1.82, 2.24) is 0 Å². The molecule has 0 aromatic heterocycles. The third kappa shape index (κ3) is 6.69. The van der Waals surface area contributed by atoms with Gasteiger partial charge in [-0.25, -0.2) is 0 Å². The summed E-state index contributed by atoms with van der Waals surface area (Å²) in [5.74, 6) is -2.24. The first-order valence-corrected chi connectivity index (χ1v) is 5.64. The lowest BCUT2D eigenvalue weighted by Gasteiger charge is -2.33. The highest BCUT2D eigenvalue weighted by molar-refractivity contribution is 5.85. The first kappa shape index (κ1) is 22.4. The minimum atomic E-state index is -4.00. The largest absolute Gasteiger partial charge is 0.391 e. The van der Waals surface area contributed by atoms with Crippen molar-refractivity contribution in [2.45, 2.75) is 50.1 Å². The molecular weight excluding hydrogens is 333 g/mol. The van der Waals surface area contributed by atoms with E-state index in [0.717, 1.165) is 0 Å². The van der Waals surface area contributed by atoms with Crippen molar-refractivity contribution in [3.8, 4) is 0 Å². The van der Waals surface area contributed by atoms with Crippen LogP contribution in [0.3, 0.4) is 0 Å². The Bertz CT molecular complexity index is 244. The molecular formula is C10H18Cl2F6N2. The Kier molecular flexibility index (Phi) is 8.84. The molecule has 0 heterocycles. The summed E-state index contributed by atoms with van der Waals surface area (Å²) < 4.78 is 69.7. The van der Waals surface area contributed by atoms with Gasteiger partial charge in [0.15, 0.2) is 0 Å². The molecule has 0 saturated heterocycles. The molecule has 2 aliphatic rings. The van der Waals surface area contributed by atoms with Crippen LogP contribution in [0.15, 0.2) is 0 Å². The van der Waals surface area contributed by atoms with Gasteiger partial charge in [-0.3, -0.25) is 0 Å². The van der Waals surface area contributed by atoms with Crippen molar-refractivity contribution in [3.05, 3.63) is 0 Å². The maximum absolute atomic E-state index is 11.6. The highest BCUT2D eigenvalue weighted by Gasteiger charge is 2.47. The fourth-order valence-corrected chi connectivity index (χ4v) is 1.86. The van der Waals surface area contributed by atoms with Crippen molar-refractivity contribution in [1.29, 1.82) is 0 Å². The number of hydrogen-bond acceptors (Lipinski definition) is 2. The molecule has 2 rings (SSSR count). The van der Waals surface area contributed by atoms with Gasteiger partial charge in [0.2, 0.25) is 0 Å². The zero-order valence-electron chi connectivity index (χ0n) is 10.4. The zero-order chi connectivity index (χ0) is 14.1. The van der Waals surface area contributed by atoms with E-state index in [9.17, 15) is 26.3 Å². The SMILES string of the molecule is Cl.Cl.NC1CC(C(F)(F)F)C1.NC1CC(C(F)(F)F)C1. The van der Waals surface area contributed by atoms with Gasteiger partial charge in [-0.15, -0.1) is 24.8 Å². The summed E-state index contributed by atoms with van der Waals surface area (Å²) >= 11 is 0. The maximum Gasteiger partial charge on any atom is 0.391 e. The Morgan fingerprint density at radius 3 is 0.850 bits per heavy atom. The molecule has 0 radical (unpaired) electrons. The highest BCUT2D eigenvalue weighted by atomic mass is 35.5. The van der Waals surface area contributed by atoms with Crippen LogP contribution in [0.25, 0.3) is 0 Å². The summed E-state index contributed by atoms with van der Waals surface area (Å²) in [5.41, 5.74) is 10.3. The summed E-state index contributed by atoms with van der Waals surface area (Å²) in [4.78, 5) is 0. The van der Waals surface area contributed by atoms with E-state index in [4.69, 9.17) is 11.5 Å². The van der Waals surface area contributed by atoms with Crippen LogP contribution in [0.1, 0.15) is 25.7 Å². The van der Waals surface area contributed by atoms with E-state index in [0.29, 0.717) is 0 Å². The number of nitrogens with two attached hydrogens (primary N) is 2. The summed E-state index contributed by atoms with van der Waals surface area (Å²) in [6.07, 6.45) is -7.55. The van der Waals surface area contributed by atoms with E-state index in [1.165, 1.54) is 0 Å². The first-order valence-electron chi connectivity index (χ1n) is 5.64. The van der Waals surface area contributed by atoms with Crippen LogP contribution in [-0.4, -0.2) is 24.4 Å². The van der Waals surface area contributed by atoms with E-state index < -0.39 is 24.2 Å². The van der Waals surface area contributed by atoms with Crippen LogP contribution in [0.4, 0.5) is 26.3 Å². The smallest absolute Gasteiger partial charge is 0.328 e. The second-order valence-corrected chi connectivity index (χ2v) is 4.94. The van der Waals surface area contributed by atoms with Gasteiger partial charge in [0.1, 0.15) is 0 Å². The third-order valence-corrected chi connectivity index (χ3v) is 3.27. The third-order valence-electron chi connectivity index (χ3n) is 3.27. The van der Waals surface area contributed by atoms with Gasteiger partial charge in [0, 0.05) is 12.1 Å². The van der Waals surface area contributed by atoms with E-state index >= 15 is 0 Å². The monoisotopic (exact) mass is 350 g/mol. The average molecular weight is 351 g/mol. The molecule has 0 amide bonds. The van der Waals surface area contributed by atoms with Gasteiger partial charge in [-0.2, -0.15) is 26.3 Å². The van der Waals surface area contributed by atoms with E-state index in [1.807, 2.05) is 0 Å². The van der Waals surface area contributed by atoms with Crippen LogP contribution in [0, 0.1) is 11.8 Å². The standard InChI is InChI=1S/2C5H8F3N.2ClH/c2*6-5(7,8)3-1-4(9)2-3;;/h2*3-4H,1-2,9H2;2*1H. The van der Waals surface area contributed by atoms with Crippen LogP contribution >= 0.6 is 24.8 Å². The summed E-state index contributed by atoms with van der Waals surface area (Å²) in [6, 6.07) is -0.423. The fourth-order valence-electron chi connectivity index (χ4n) is 1.86. The number of rotatable bonds is 0. The molecule has 10 heteroatoms. The molecule has 0 aromatic rings. The summed E-state index contributed by atoms with van der Waals surface area (Å²) in [7, 11) is 0. The second kappa shape index (κ2) is 7.91. The van der Waals surface area contributed by atoms with Crippen molar-refractivity contribution in [3.63, 3.8) is 0 Å². The Morgan fingerprint density at radius 2 is 0.800 bits per heavy atom. The second-order valence-electron chi connectivity index (χ2n) is 4.94. The van der Waals surface area contributed by atoms with Crippen molar-refractivity contribution >= 4 is 24.8 Å². The van der Waals surface area contributed by atoms with Gasteiger partial charge >= 0.3 is 12.4 Å². The molecule has 124 valence electrons. The normalized spacial score (nSPS) is 32.4. The fraction of sp³-hybridized carbons (Fsp3) is 1.00. The molecule has 0 aromatic carbocycles. The molecule has 2 saturated carbocycles. The van der Waals surface area contributed by atoms with Crippen LogP contribution in [0.5, 0.6) is 0 Å². The Hall–Kier alpha value is 0.0800. The van der Waals surface area contributed by atoms with Crippen molar-refractivity contribution < 1.29 is 26.3 Å². The van der Waals surface area contributed by atoms with Crippen molar-refractivity contribution in [2.24, 2.45) is 23.3 Å². The maximum atomic E-state index is 11.6. The minimum absolute atomic E-state index is 0. The summed E-state index contributed by atoms with van der Waals surface area (Å²) in [6.45, 7) is 0. The molecule has 2 aliphatic carbocycles.